The molecule has 6 aromatic rings. The van der Waals surface area contributed by atoms with Gasteiger partial charge in [0.05, 0.1) is 46.5 Å². The molecule has 0 radical (unpaired) electrons. The molecule has 3 aliphatic rings. The van der Waals surface area contributed by atoms with Crippen LogP contribution in [0.5, 0.6) is 11.5 Å². The lowest BCUT2D eigenvalue weighted by Gasteiger charge is -2.64. The van der Waals surface area contributed by atoms with Crippen LogP contribution in [0.4, 0.5) is 4.79 Å². The first-order chi connectivity index (χ1) is 40.0. The molecule has 0 aliphatic carbocycles. The number of aliphatic hydroxyl groups excluding tert-OH is 1. The van der Waals surface area contributed by atoms with Crippen molar-refractivity contribution in [1.29, 1.82) is 5.26 Å². The SMILES string of the molecule is COc1ccc(C(OC[C@H]2O[C@@H](n3cc(C#CCNC(=O)CN4C(=O)NC(=O)C5(C)OC(c6ccccc6)(c6ccccc6)C45)c(=O)[nH]c3=O)[C@H](O)[C@@H]2OP(OCCC#N)N(C(C)C)C(C)C)(c2ccccc2)c2ccc(OC)cc2)cc1. The number of aromatic nitrogens is 2. The van der Waals surface area contributed by atoms with E-state index in [9.17, 15) is 34.3 Å². The number of aliphatic hydroxyl groups is 1. The summed E-state index contributed by atoms with van der Waals surface area (Å²) in [6.07, 6.45) is -4.29. The van der Waals surface area contributed by atoms with Gasteiger partial charge in [0.15, 0.2) is 11.8 Å². The number of imide groups is 1. The van der Waals surface area contributed by atoms with E-state index in [1.54, 1.807) is 21.1 Å². The average molecular weight is 1150 g/mol. The second kappa shape index (κ2) is 25.6. The summed E-state index contributed by atoms with van der Waals surface area (Å²) in [6, 6.07) is 42.9. The number of carbonyl (C=O) groups excluding carboxylic acids is 3. The van der Waals surface area contributed by atoms with Crippen molar-refractivity contribution in [1.82, 2.24) is 29.8 Å². The number of nitrogens with zero attached hydrogens (tertiary/aromatic N) is 4. The van der Waals surface area contributed by atoms with Crippen molar-refractivity contribution >= 4 is 26.4 Å². The van der Waals surface area contributed by atoms with E-state index in [-0.39, 0.29) is 43.8 Å². The number of nitriles is 1. The van der Waals surface area contributed by atoms with Crippen molar-refractivity contribution < 1.29 is 52.2 Å². The Morgan fingerprint density at radius 3 is 1.93 bits per heavy atom. The van der Waals surface area contributed by atoms with Crippen LogP contribution in [-0.4, -0.2) is 125 Å². The summed E-state index contributed by atoms with van der Waals surface area (Å²) < 4.78 is 47.8. The third kappa shape index (κ3) is 11.8. The number of fused-ring (bicyclic) bond motifs is 1. The van der Waals surface area contributed by atoms with Crippen LogP contribution in [0.15, 0.2) is 155 Å². The predicted octanol–water partition coefficient (Wildman–Crippen LogP) is 6.60. The number of aromatic amines is 1. The number of urea groups is 1. The molecule has 9 rings (SSSR count). The van der Waals surface area contributed by atoms with E-state index in [1.165, 1.54) is 4.90 Å². The molecule has 432 valence electrons. The van der Waals surface area contributed by atoms with Crippen LogP contribution in [0.25, 0.3) is 0 Å². The Morgan fingerprint density at radius 2 is 1.39 bits per heavy atom. The third-order valence-electron chi connectivity index (χ3n) is 14.9. The Balaban J connectivity index is 1.02. The second-order valence-corrected chi connectivity index (χ2v) is 22.1. The maximum absolute atomic E-state index is 13.9. The molecule has 4 amide bonds. The summed E-state index contributed by atoms with van der Waals surface area (Å²) in [5.74, 6) is 5.46. The van der Waals surface area contributed by atoms with Crippen LogP contribution >= 0.6 is 8.53 Å². The number of ether oxygens (including phenoxy) is 5. The van der Waals surface area contributed by atoms with E-state index in [1.807, 2.05) is 172 Å². The minimum Gasteiger partial charge on any atom is -0.497 e. The number of rotatable bonds is 22. The van der Waals surface area contributed by atoms with E-state index >= 15 is 0 Å². The third-order valence-corrected chi connectivity index (χ3v) is 17.0. The molecule has 4 heterocycles. The van der Waals surface area contributed by atoms with Crippen molar-refractivity contribution in [2.45, 2.75) is 101 Å². The highest BCUT2D eigenvalue weighted by Crippen LogP contribution is 2.57. The molecule has 0 spiro atoms. The van der Waals surface area contributed by atoms with Gasteiger partial charge in [-0.3, -0.25) is 29.3 Å². The van der Waals surface area contributed by atoms with Crippen LogP contribution in [0.3, 0.4) is 0 Å². The van der Waals surface area contributed by atoms with Gasteiger partial charge in [0.1, 0.15) is 59.2 Å². The molecule has 7 atom stereocenters. The van der Waals surface area contributed by atoms with Crippen LogP contribution in [0.1, 0.15) is 80.6 Å². The van der Waals surface area contributed by atoms with Crippen LogP contribution in [0, 0.1) is 23.2 Å². The molecule has 3 aliphatic heterocycles. The second-order valence-electron chi connectivity index (χ2n) is 20.7. The topological polar surface area (TPSA) is 245 Å². The van der Waals surface area contributed by atoms with E-state index in [0.29, 0.717) is 33.8 Å². The number of carbonyl (C=O) groups is 3. The Bertz CT molecular complexity index is 3380. The summed E-state index contributed by atoms with van der Waals surface area (Å²) in [5, 5.41) is 27.1. The molecule has 3 fully saturated rings. The van der Waals surface area contributed by atoms with Crippen LogP contribution in [0.2, 0.25) is 0 Å². The molecule has 83 heavy (non-hydrogen) atoms. The fourth-order valence-electron chi connectivity index (χ4n) is 11.2. The zero-order valence-electron chi connectivity index (χ0n) is 47.0. The smallest absolute Gasteiger partial charge is 0.330 e. The highest BCUT2D eigenvalue weighted by molar-refractivity contribution is 7.44. The van der Waals surface area contributed by atoms with Gasteiger partial charge in [-0.25, -0.2) is 14.3 Å². The van der Waals surface area contributed by atoms with Gasteiger partial charge < -0.3 is 48.1 Å². The average Bonchev–Trinajstić information content (AvgIpc) is 2.77. The molecular formula is C62H66N7O13P. The molecule has 5 aromatic carbocycles. The minimum atomic E-state index is -2.01. The predicted molar refractivity (Wildman–Crippen MR) is 307 cm³/mol. The Kier molecular flexibility index (Phi) is 18.4. The molecule has 20 nitrogen and oxygen atoms in total. The number of amides is 4. The van der Waals surface area contributed by atoms with Gasteiger partial charge in [-0.2, -0.15) is 5.26 Å². The quantitative estimate of drug-likeness (QED) is 0.0242. The summed E-state index contributed by atoms with van der Waals surface area (Å²) in [4.78, 5) is 71.9. The van der Waals surface area contributed by atoms with E-state index in [2.05, 4.69) is 33.5 Å². The van der Waals surface area contributed by atoms with Crippen LogP contribution in [-0.2, 0) is 44.0 Å². The maximum Gasteiger partial charge on any atom is 0.330 e. The maximum atomic E-state index is 13.9. The van der Waals surface area contributed by atoms with Crippen molar-refractivity contribution in [3.63, 3.8) is 0 Å². The summed E-state index contributed by atoms with van der Waals surface area (Å²) >= 11 is 0. The lowest BCUT2D eigenvalue weighted by Crippen LogP contribution is -2.84. The molecule has 3 saturated heterocycles. The zero-order valence-corrected chi connectivity index (χ0v) is 47.9. The number of hydrogen-bond donors (Lipinski definition) is 4. The van der Waals surface area contributed by atoms with Gasteiger partial charge in [0.25, 0.3) is 20.0 Å². The van der Waals surface area contributed by atoms with E-state index < -0.39 is 91.6 Å². The summed E-state index contributed by atoms with van der Waals surface area (Å²) in [6.45, 7) is 8.42. The van der Waals surface area contributed by atoms with Gasteiger partial charge in [0.2, 0.25) is 5.91 Å². The van der Waals surface area contributed by atoms with E-state index in [4.69, 9.17) is 32.7 Å². The first kappa shape index (κ1) is 59.6. The normalized spacial score (nSPS) is 21.3. The lowest BCUT2D eigenvalue weighted by atomic mass is 9.65. The zero-order chi connectivity index (χ0) is 59.1. The Labute approximate surface area is 482 Å². The summed E-state index contributed by atoms with van der Waals surface area (Å²) in [7, 11) is 1.14. The molecular weight excluding hydrogens is 1080 g/mol. The van der Waals surface area contributed by atoms with Crippen molar-refractivity contribution in [2.75, 3.05) is 40.5 Å². The fraction of sp³-hybridized carbons (Fsp3) is 0.355. The summed E-state index contributed by atoms with van der Waals surface area (Å²) in [5.41, 5.74) is -2.65. The number of methoxy groups -OCH3 is 2. The van der Waals surface area contributed by atoms with Crippen molar-refractivity contribution in [3.05, 3.63) is 200 Å². The minimum absolute atomic E-state index is 0.0209. The standard InChI is InChI=1S/C62H66N7O13P/c1-40(2)69(41(3)4)83(79-36-18-34-63)81-53-50(39-78-61(43-20-11-8-12-21-43,46-26-30-48(76-6)31-27-46)47-28-32-49(77-7)33-29-47)80-55(52(53)71)67-37-42(54(72)65-58(67)74)19-17-35-64-51(70)38-68-56-60(5,57(73)66-59(68)75)82-62(56,44-22-13-9-14-23-44)45-24-15-10-16-25-45/h8-16,20-33,37,40-41,50,52-53,55-56,71H,18,35-36,38-39H2,1-7H3,(H,64,70)(H,65,72,74)(H,66,73,75)/t50-,52-,53-,55-,56?,60?,83?/m1/s1. The molecule has 3 unspecified atom stereocenters. The molecule has 4 N–H and O–H groups in total. The number of nitrogens with one attached hydrogen (secondary N) is 3. The van der Waals surface area contributed by atoms with Gasteiger partial charge in [0, 0.05) is 18.3 Å². The van der Waals surface area contributed by atoms with Gasteiger partial charge in [-0.15, -0.1) is 0 Å². The van der Waals surface area contributed by atoms with Gasteiger partial charge >= 0.3 is 11.7 Å². The Morgan fingerprint density at radius 1 is 0.831 bits per heavy atom. The van der Waals surface area contributed by atoms with Crippen LogP contribution < -0.4 is 31.4 Å². The van der Waals surface area contributed by atoms with Crippen molar-refractivity contribution in [3.8, 4) is 29.4 Å². The Hall–Kier alpha value is -8.01. The molecule has 0 saturated carbocycles. The lowest BCUT2D eigenvalue weighted by molar-refractivity contribution is -0.291. The molecule has 21 heteroatoms. The first-order valence-electron chi connectivity index (χ1n) is 27.1. The molecule has 0 bridgehead atoms. The monoisotopic (exact) mass is 1150 g/mol. The highest BCUT2D eigenvalue weighted by atomic mass is 31.2. The van der Waals surface area contributed by atoms with Gasteiger partial charge in [-0.1, -0.05) is 127 Å². The molecule has 1 aromatic heterocycles. The number of hydrogen-bond acceptors (Lipinski definition) is 15. The van der Waals surface area contributed by atoms with Gasteiger partial charge in [-0.05, 0) is 86.7 Å². The number of benzene rings is 5. The largest absolute Gasteiger partial charge is 0.497 e. The van der Waals surface area contributed by atoms with Crippen molar-refractivity contribution in [2.24, 2.45) is 0 Å². The first-order valence-corrected chi connectivity index (χ1v) is 28.2. The fourth-order valence-corrected chi connectivity index (χ4v) is 12.9. The van der Waals surface area contributed by atoms with E-state index in [0.717, 1.165) is 16.3 Å². The highest BCUT2D eigenvalue weighted by Gasteiger charge is 2.73. The number of H-pyrrole nitrogens is 1.